The molecule has 4 rings (SSSR count). The van der Waals surface area contributed by atoms with Crippen molar-refractivity contribution in [1.82, 2.24) is 15.0 Å². The highest BCUT2D eigenvalue weighted by atomic mass is 16.5. The van der Waals surface area contributed by atoms with Crippen molar-refractivity contribution in [2.45, 2.75) is 50.9 Å². The highest BCUT2D eigenvalue weighted by molar-refractivity contribution is 5.81. The number of hydrogen-bond donors (Lipinski definition) is 0. The van der Waals surface area contributed by atoms with Gasteiger partial charge in [0.2, 0.25) is 5.91 Å². The molecule has 0 aromatic carbocycles. The van der Waals surface area contributed by atoms with Gasteiger partial charge in [0.25, 0.3) is 0 Å². The Morgan fingerprint density at radius 3 is 3.19 bits per heavy atom. The van der Waals surface area contributed by atoms with Gasteiger partial charge in [0.05, 0.1) is 24.9 Å². The van der Waals surface area contributed by atoms with Crippen LogP contribution in [0.1, 0.15) is 37.6 Å². The highest BCUT2D eigenvalue weighted by Crippen LogP contribution is 2.45. The van der Waals surface area contributed by atoms with Gasteiger partial charge in [0.15, 0.2) is 11.5 Å². The summed E-state index contributed by atoms with van der Waals surface area (Å²) in [6, 6.07) is 2.17. The second-order valence-corrected chi connectivity index (χ2v) is 6.17. The van der Waals surface area contributed by atoms with Crippen molar-refractivity contribution in [3.8, 4) is 0 Å². The zero-order valence-electron chi connectivity index (χ0n) is 12.4. The number of carbonyl (C=O) groups excluding carboxylic acids is 1. The number of rotatable bonds is 3. The molecule has 1 aromatic rings. The van der Waals surface area contributed by atoms with Crippen LogP contribution in [-0.4, -0.2) is 52.3 Å². The Kier molecular flexibility index (Phi) is 3.04. The van der Waals surface area contributed by atoms with Gasteiger partial charge in [-0.1, -0.05) is 12.1 Å². The SMILES string of the molecule is CCc1cc(CN2CC[C@@]34OCCCN3C(=O)C[C@@H]24)on1. The van der Waals surface area contributed by atoms with Crippen LogP contribution in [0.25, 0.3) is 0 Å². The predicted molar refractivity (Wildman–Crippen MR) is 74.3 cm³/mol. The molecule has 0 saturated carbocycles. The quantitative estimate of drug-likeness (QED) is 0.836. The second-order valence-electron chi connectivity index (χ2n) is 6.17. The molecule has 6 heteroatoms. The summed E-state index contributed by atoms with van der Waals surface area (Å²) in [6.07, 6.45) is 3.29. The Hall–Kier alpha value is -1.40. The number of hydrogen-bond acceptors (Lipinski definition) is 5. The molecule has 0 N–H and O–H groups in total. The first-order valence-corrected chi connectivity index (χ1v) is 7.86. The van der Waals surface area contributed by atoms with E-state index in [4.69, 9.17) is 9.26 Å². The number of aryl methyl sites for hydroxylation is 1. The predicted octanol–water partition coefficient (Wildman–Crippen LogP) is 1.16. The van der Waals surface area contributed by atoms with Crippen LogP contribution in [0.15, 0.2) is 10.6 Å². The van der Waals surface area contributed by atoms with Crippen molar-refractivity contribution in [2.24, 2.45) is 0 Å². The van der Waals surface area contributed by atoms with Crippen molar-refractivity contribution in [2.75, 3.05) is 19.7 Å². The molecule has 6 nitrogen and oxygen atoms in total. The Balaban J connectivity index is 1.55. The van der Waals surface area contributed by atoms with Crippen LogP contribution in [0.4, 0.5) is 0 Å². The number of aromatic nitrogens is 1. The normalized spacial score (nSPS) is 32.5. The lowest BCUT2D eigenvalue weighted by Gasteiger charge is -2.42. The summed E-state index contributed by atoms with van der Waals surface area (Å²) in [5.74, 6) is 1.11. The van der Waals surface area contributed by atoms with Crippen LogP contribution in [0, 0.1) is 0 Å². The highest BCUT2D eigenvalue weighted by Gasteiger charge is 2.60. The minimum Gasteiger partial charge on any atom is -0.360 e. The lowest BCUT2D eigenvalue weighted by Crippen LogP contribution is -2.56. The number of carbonyl (C=O) groups is 1. The van der Waals surface area contributed by atoms with Crippen molar-refractivity contribution in [3.05, 3.63) is 17.5 Å². The summed E-state index contributed by atoms with van der Waals surface area (Å²) >= 11 is 0. The molecule has 3 aliphatic heterocycles. The lowest BCUT2D eigenvalue weighted by atomic mass is 10.0. The van der Waals surface area contributed by atoms with E-state index in [1.54, 1.807) is 0 Å². The summed E-state index contributed by atoms with van der Waals surface area (Å²) in [4.78, 5) is 16.5. The molecule has 1 spiro atoms. The summed E-state index contributed by atoms with van der Waals surface area (Å²) < 4.78 is 11.5. The van der Waals surface area contributed by atoms with E-state index >= 15 is 0 Å². The zero-order valence-corrected chi connectivity index (χ0v) is 12.4. The van der Waals surface area contributed by atoms with Crippen LogP contribution in [0.3, 0.4) is 0 Å². The molecule has 3 saturated heterocycles. The maximum absolute atomic E-state index is 12.2. The molecule has 21 heavy (non-hydrogen) atoms. The fraction of sp³-hybridized carbons (Fsp3) is 0.733. The molecular weight excluding hydrogens is 270 g/mol. The summed E-state index contributed by atoms with van der Waals surface area (Å²) in [5.41, 5.74) is 0.611. The first-order chi connectivity index (χ1) is 10.2. The fourth-order valence-electron chi connectivity index (χ4n) is 4.02. The standard InChI is InChI=1S/C15H21N3O3/c1-2-11-8-12(21-16-11)10-17-6-4-15-13(17)9-14(19)18(15)5-3-7-20-15/h8,13H,2-7,9-10H2,1H3/t13-,15+/m1/s1. The maximum atomic E-state index is 12.2. The summed E-state index contributed by atoms with van der Waals surface area (Å²) in [6.45, 7) is 5.32. The molecule has 4 heterocycles. The van der Waals surface area contributed by atoms with E-state index in [1.807, 2.05) is 11.0 Å². The van der Waals surface area contributed by atoms with E-state index in [9.17, 15) is 4.79 Å². The molecular formula is C15H21N3O3. The Morgan fingerprint density at radius 2 is 2.38 bits per heavy atom. The monoisotopic (exact) mass is 291 g/mol. The van der Waals surface area contributed by atoms with E-state index in [0.29, 0.717) is 13.0 Å². The van der Waals surface area contributed by atoms with E-state index in [-0.39, 0.29) is 17.7 Å². The van der Waals surface area contributed by atoms with Crippen LogP contribution in [0.5, 0.6) is 0 Å². The molecule has 3 aliphatic rings. The summed E-state index contributed by atoms with van der Waals surface area (Å²) in [7, 11) is 0. The molecule has 0 bridgehead atoms. The molecule has 0 radical (unpaired) electrons. The molecule has 1 aromatic heterocycles. The van der Waals surface area contributed by atoms with E-state index in [1.165, 1.54) is 0 Å². The van der Waals surface area contributed by atoms with E-state index in [0.717, 1.165) is 50.4 Å². The molecule has 0 unspecified atom stereocenters. The van der Waals surface area contributed by atoms with Crippen molar-refractivity contribution < 1.29 is 14.1 Å². The Morgan fingerprint density at radius 1 is 1.48 bits per heavy atom. The van der Waals surface area contributed by atoms with Gasteiger partial charge in [0.1, 0.15) is 0 Å². The molecule has 114 valence electrons. The van der Waals surface area contributed by atoms with Crippen LogP contribution in [-0.2, 0) is 22.5 Å². The van der Waals surface area contributed by atoms with Crippen molar-refractivity contribution >= 4 is 5.91 Å². The van der Waals surface area contributed by atoms with Crippen LogP contribution in [0.2, 0.25) is 0 Å². The van der Waals surface area contributed by atoms with Gasteiger partial charge in [0, 0.05) is 32.0 Å². The van der Waals surface area contributed by atoms with Gasteiger partial charge in [-0.05, 0) is 12.8 Å². The molecule has 1 amide bonds. The molecule has 3 fully saturated rings. The summed E-state index contributed by atoms with van der Waals surface area (Å²) in [5, 5.41) is 4.05. The second kappa shape index (κ2) is 4.81. The zero-order chi connectivity index (χ0) is 14.4. The van der Waals surface area contributed by atoms with Crippen molar-refractivity contribution in [1.29, 1.82) is 0 Å². The third-order valence-corrected chi connectivity index (χ3v) is 5.05. The van der Waals surface area contributed by atoms with Crippen molar-refractivity contribution in [3.63, 3.8) is 0 Å². The first-order valence-electron chi connectivity index (χ1n) is 7.86. The average molecular weight is 291 g/mol. The first kappa shape index (κ1) is 13.3. The third kappa shape index (κ3) is 1.92. The van der Waals surface area contributed by atoms with E-state index in [2.05, 4.69) is 17.0 Å². The third-order valence-electron chi connectivity index (χ3n) is 5.05. The number of ether oxygens (including phenoxy) is 1. The van der Waals surface area contributed by atoms with Gasteiger partial charge in [-0.3, -0.25) is 9.69 Å². The minimum absolute atomic E-state index is 0.153. The number of likely N-dealkylation sites (tertiary alicyclic amines) is 1. The Bertz CT molecular complexity index is 558. The van der Waals surface area contributed by atoms with Gasteiger partial charge >= 0.3 is 0 Å². The van der Waals surface area contributed by atoms with Crippen LogP contribution < -0.4 is 0 Å². The number of amides is 1. The number of nitrogens with zero attached hydrogens (tertiary/aromatic N) is 3. The van der Waals surface area contributed by atoms with Gasteiger partial charge in [-0.25, -0.2) is 0 Å². The smallest absolute Gasteiger partial charge is 0.226 e. The van der Waals surface area contributed by atoms with E-state index < -0.39 is 0 Å². The van der Waals surface area contributed by atoms with Gasteiger partial charge < -0.3 is 14.2 Å². The van der Waals surface area contributed by atoms with Gasteiger partial charge in [-0.15, -0.1) is 0 Å². The topological polar surface area (TPSA) is 58.8 Å². The maximum Gasteiger partial charge on any atom is 0.226 e. The minimum atomic E-state index is -0.372. The molecule has 0 aliphatic carbocycles. The largest absolute Gasteiger partial charge is 0.360 e. The lowest BCUT2D eigenvalue weighted by molar-refractivity contribution is -0.180. The van der Waals surface area contributed by atoms with Crippen LogP contribution >= 0.6 is 0 Å². The fourth-order valence-corrected chi connectivity index (χ4v) is 4.02. The Labute approximate surface area is 124 Å². The van der Waals surface area contributed by atoms with Gasteiger partial charge in [-0.2, -0.15) is 0 Å². The average Bonchev–Trinajstić information content (AvgIpc) is 3.15. The molecule has 2 atom stereocenters.